The number of nitrogens with one attached hydrogen (secondary N) is 2. The van der Waals surface area contributed by atoms with E-state index >= 15 is 0 Å². The zero-order valence-corrected chi connectivity index (χ0v) is 13.5. The van der Waals surface area contributed by atoms with Gasteiger partial charge < -0.3 is 15.2 Å². The lowest BCUT2D eigenvalue weighted by molar-refractivity contribution is -0.121. The molecule has 6 heteroatoms. The van der Waals surface area contributed by atoms with Crippen LogP contribution in [0.2, 0.25) is 0 Å². The Morgan fingerprint density at radius 1 is 1.45 bits per heavy atom. The van der Waals surface area contributed by atoms with Gasteiger partial charge in [0, 0.05) is 18.5 Å². The fourth-order valence-corrected chi connectivity index (χ4v) is 2.86. The van der Waals surface area contributed by atoms with Gasteiger partial charge in [-0.1, -0.05) is 24.2 Å². The summed E-state index contributed by atoms with van der Waals surface area (Å²) >= 11 is 0. The van der Waals surface area contributed by atoms with Crippen LogP contribution in [0.3, 0.4) is 0 Å². The van der Waals surface area contributed by atoms with Gasteiger partial charge in [-0.15, -0.1) is 12.4 Å². The zero-order valence-electron chi connectivity index (χ0n) is 12.7. The fraction of sp³-hybridized carbons (Fsp3) is 0.500. The van der Waals surface area contributed by atoms with Crippen LogP contribution in [-0.4, -0.2) is 30.7 Å². The van der Waals surface area contributed by atoms with E-state index < -0.39 is 0 Å². The molecule has 0 bridgehead atoms. The van der Waals surface area contributed by atoms with Gasteiger partial charge in [-0.25, -0.2) is 0 Å². The highest BCUT2D eigenvalue weighted by molar-refractivity contribution is 5.86. The first-order valence-electron chi connectivity index (χ1n) is 7.47. The number of aromatic nitrogens is 1. The maximum absolute atomic E-state index is 12.1. The molecule has 1 amide bonds. The smallest absolute Gasteiger partial charge is 0.226 e. The summed E-state index contributed by atoms with van der Waals surface area (Å²) in [5.41, 5.74) is 1.58. The highest BCUT2D eigenvalue weighted by Gasteiger charge is 2.27. The van der Waals surface area contributed by atoms with Gasteiger partial charge in [-0.05, 0) is 36.9 Å². The Morgan fingerprint density at radius 3 is 3.05 bits per heavy atom. The predicted molar refractivity (Wildman–Crippen MR) is 88.2 cm³/mol. The first-order chi connectivity index (χ1) is 10.2. The highest BCUT2D eigenvalue weighted by Crippen LogP contribution is 2.24. The van der Waals surface area contributed by atoms with Crippen LogP contribution in [0.1, 0.15) is 25.5 Å². The molecule has 0 aliphatic carbocycles. The standard InChI is InChI=1S/C16H21N3O2.ClH/c1-16(7-4-8-17-10-16)11-18-15(20)9-13-12-5-2-3-6-14(12)21-19-13;/h2-3,5-6,17H,4,7-11H2,1H3,(H,18,20);1H. The number of amides is 1. The minimum absolute atomic E-state index is 0. The molecule has 1 saturated heterocycles. The summed E-state index contributed by atoms with van der Waals surface area (Å²) in [6, 6.07) is 7.61. The Kier molecular flexibility index (Phi) is 5.42. The summed E-state index contributed by atoms with van der Waals surface area (Å²) in [6.45, 7) is 4.95. The Morgan fingerprint density at radius 2 is 2.27 bits per heavy atom. The Bertz CT molecular complexity index is 635. The van der Waals surface area contributed by atoms with Crippen LogP contribution in [-0.2, 0) is 11.2 Å². The van der Waals surface area contributed by atoms with Crippen LogP contribution in [0.4, 0.5) is 0 Å². The van der Waals surface area contributed by atoms with Crippen LogP contribution in [0.25, 0.3) is 11.0 Å². The Labute approximate surface area is 136 Å². The van der Waals surface area contributed by atoms with Crippen molar-refractivity contribution < 1.29 is 9.32 Å². The van der Waals surface area contributed by atoms with Crippen molar-refractivity contribution in [1.29, 1.82) is 0 Å². The van der Waals surface area contributed by atoms with Crippen molar-refractivity contribution in [2.75, 3.05) is 19.6 Å². The minimum Gasteiger partial charge on any atom is -0.356 e. The highest BCUT2D eigenvalue weighted by atomic mass is 35.5. The summed E-state index contributed by atoms with van der Waals surface area (Å²) in [5.74, 6) is 0.000788. The molecule has 2 N–H and O–H groups in total. The van der Waals surface area contributed by atoms with E-state index in [1.807, 2.05) is 24.3 Å². The second-order valence-electron chi connectivity index (χ2n) is 6.17. The molecule has 120 valence electrons. The largest absolute Gasteiger partial charge is 0.356 e. The molecule has 0 radical (unpaired) electrons. The zero-order chi connectivity index (χ0) is 14.7. The molecular formula is C16H22ClN3O2. The first-order valence-corrected chi connectivity index (χ1v) is 7.47. The third-order valence-corrected chi connectivity index (χ3v) is 4.18. The van der Waals surface area contributed by atoms with Gasteiger partial charge in [0.15, 0.2) is 5.58 Å². The van der Waals surface area contributed by atoms with Crippen LogP contribution in [0.15, 0.2) is 28.8 Å². The van der Waals surface area contributed by atoms with Crippen LogP contribution in [0, 0.1) is 5.41 Å². The van der Waals surface area contributed by atoms with E-state index in [4.69, 9.17) is 4.52 Å². The molecule has 5 nitrogen and oxygen atoms in total. The number of fused-ring (bicyclic) bond motifs is 1. The molecule has 0 saturated carbocycles. The summed E-state index contributed by atoms with van der Waals surface area (Å²) < 4.78 is 5.22. The summed E-state index contributed by atoms with van der Waals surface area (Å²) in [6.07, 6.45) is 2.58. The number of para-hydroxylation sites is 1. The molecule has 1 aromatic carbocycles. The van der Waals surface area contributed by atoms with Crippen LogP contribution in [0.5, 0.6) is 0 Å². The van der Waals surface area contributed by atoms with Gasteiger partial charge in [0.25, 0.3) is 0 Å². The molecule has 1 aromatic heterocycles. The first kappa shape index (κ1) is 16.8. The number of piperidine rings is 1. The van der Waals surface area contributed by atoms with E-state index in [-0.39, 0.29) is 30.2 Å². The normalized spacial score (nSPS) is 21.3. The number of hydrogen-bond acceptors (Lipinski definition) is 4. The van der Waals surface area contributed by atoms with E-state index in [9.17, 15) is 4.79 Å². The number of rotatable bonds is 4. The van der Waals surface area contributed by atoms with Crippen molar-refractivity contribution >= 4 is 29.3 Å². The van der Waals surface area contributed by atoms with E-state index in [0.717, 1.165) is 30.5 Å². The quantitative estimate of drug-likeness (QED) is 0.906. The summed E-state index contributed by atoms with van der Waals surface area (Å²) in [7, 11) is 0. The molecule has 3 rings (SSSR count). The van der Waals surface area contributed by atoms with Crippen LogP contribution >= 0.6 is 12.4 Å². The van der Waals surface area contributed by atoms with E-state index in [0.29, 0.717) is 12.2 Å². The van der Waals surface area contributed by atoms with Crippen molar-refractivity contribution in [2.45, 2.75) is 26.2 Å². The lowest BCUT2D eigenvalue weighted by Crippen LogP contribution is -2.46. The van der Waals surface area contributed by atoms with Crippen molar-refractivity contribution in [3.63, 3.8) is 0 Å². The monoisotopic (exact) mass is 323 g/mol. The maximum atomic E-state index is 12.1. The van der Waals surface area contributed by atoms with Gasteiger partial charge in [0.1, 0.15) is 5.69 Å². The average molecular weight is 324 g/mol. The average Bonchev–Trinajstić information content (AvgIpc) is 2.90. The van der Waals surface area contributed by atoms with E-state index in [2.05, 4.69) is 22.7 Å². The van der Waals surface area contributed by atoms with Crippen molar-refractivity contribution in [3.05, 3.63) is 30.0 Å². The van der Waals surface area contributed by atoms with Crippen molar-refractivity contribution in [2.24, 2.45) is 5.41 Å². The summed E-state index contributed by atoms with van der Waals surface area (Å²) in [4.78, 5) is 12.1. The topological polar surface area (TPSA) is 67.2 Å². The molecule has 1 unspecified atom stereocenters. The minimum atomic E-state index is 0. The van der Waals surface area contributed by atoms with Gasteiger partial charge in [0.05, 0.1) is 6.42 Å². The molecule has 1 aliphatic heterocycles. The maximum Gasteiger partial charge on any atom is 0.226 e. The van der Waals surface area contributed by atoms with Crippen LogP contribution < -0.4 is 10.6 Å². The SMILES string of the molecule is CC1(CNC(=O)Cc2noc3ccccc23)CCCNC1.Cl. The second-order valence-corrected chi connectivity index (χ2v) is 6.17. The van der Waals surface area contributed by atoms with E-state index in [1.54, 1.807) is 0 Å². The molecule has 1 aliphatic rings. The fourth-order valence-electron chi connectivity index (χ4n) is 2.86. The molecule has 2 aromatic rings. The molecular weight excluding hydrogens is 302 g/mol. The molecule has 1 atom stereocenters. The van der Waals surface area contributed by atoms with Gasteiger partial charge >= 0.3 is 0 Å². The number of hydrogen-bond donors (Lipinski definition) is 2. The number of carbonyl (C=O) groups is 1. The molecule has 1 fully saturated rings. The molecule has 2 heterocycles. The Hall–Kier alpha value is -1.59. The van der Waals surface area contributed by atoms with Gasteiger partial charge in [-0.2, -0.15) is 0 Å². The lowest BCUT2D eigenvalue weighted by Gasteiger charge is -2.34. The Balaban J connectivity index is 0.00000176. The van der Waals surface area contributed by atoms with Gasteiger partial charge in [-0.3, -0.25) is 4.79 Å². The van der Waals surface area contributed by atoms with Crippen molar-refractivity contribution in [1.82, 2.24) is 15.8 Å². The summed E-state index contributed by atoms with van der Waals surface area (Å²) in [5, 5.41) is 11.3. The predicted octanol–water partition coefficient (Wildman–Crippen LogP) is 2.30. The van der Waals surface area contributed by atoms with E-state index in [1.165, 1.54) is 6.42 Å². The number of benzene rings is 1. The number of carbonyl (C=O) groups excluding carboxylic acids is 1. The van der Waals surface area contributed by atoms with Gasteiger partial charge in [0.2, 0.25) is 5.91 Å². The second kappa shape index (κ2) is 7.11. The van der Waals surface area contributed by atoms with Crippen molar-refractivity contribution in [3.8, 4) is 0 Å². The molecule has 22 heavy (non-hydrogen) atoms. The lowest BCUT2D eigenvalue weighted by atomic mass is 9.83. The molecule has 0 spiro atoms. The third kappa shape index (κ3) is 3.78. The number of halogens is 1. The number of nitrogens with zero attached hydrogens (tertiary/aromatic N) is 1. The third-order valence-electron chi connectivity index (χ3n) is 4.18.